The van der Waals surface area contributed by atoms with Crippen molar-refractivity contribution in [3.05, 3.63) is 21.3 Å². The van der Waals surface area contributed by atoms with Gasteiger partial charge in [-0.15, -0.1) is 11.3 Å². The van der Waals surface area contributed by atoms with Gasteiger partial charge in [0.05, 0.1) is 20.7 Å². The molecule has 0 spiro atoms. The first-order valence-corrected chi connectivity index (χ1v) is 8.13. The topological polar surface area (TPSA) is 54.5 Å². The quantitative estimate of drug-likeness (QED) is 0.833. The second-order valence-corrected chi connectivity index (χ2v) is 8.02. The SMILES string of the molecule is CN(C(=O)c1ccc(Cl)s1)C1CCS(=O)(=O)C1. The van der Waals surface area contributed by atoms with Crippen molar-refractivity contribution in [1.82, 2.24) is 4.90 Å². The van der Waals surface area contributed by atoms with E-state index in [1.54, 1.807) is 19.2 Å². The first kappa shape index (κ1) is 12.9. The molecule has 1 aromatic heterocycles. The minimum absolute atomic E-state index is 0.0638. The van der Waals surface area contributed by atoms with Gasteiger partial charge in [-0.3, -0.25) is 4.79 Å². The Morgan fingerprint density at radius 2 is 2.24 bits per heavy atom. The van der Waals surface area contributed by atoms with Crippen molar-refractivity contribution in [3.8, 4) is 0 Å². The molecule has 17 heavy (non-hydrogen) atoms. The molecule has 7 heteroatoms. The number of nitrogens with zero attached hydrogens (tertiary/aromatic N) is 1. The number of sulfone groups is 1. The largest absolute Gasteiger partial charge is 0.337 e. The van der Waals surface area contributed by atoms with Crippen LogP contribution < -0.4 is 0 Å². The maximum absolute atomic E-state index is 12.0. The van der Waals surface area contributed by atoms with Crippen LogP contribution in [0.1, 0.15) is 16.1 Å². The van der Waals surface area contributed by atoms with Crippen LogP contribution in [0.25, 0.3) is 0 Å². The highest BCUT2D eigenvalue weighted by atomic mass is 35.5. The summed E-state index contributed by atoms with van der Waals surface area (Å²) in [6, 6.07) is 3.11. The van der Waals surface area contributed by atoms with Crippen molar-refractivity contribution < 1.29 is 13.2 Å². The van der Waals surface area contributed by atoms with Crippen LogP contribution in [0.3, 0.4) is 0 Å². The summed E-state index contributed by atoms with van der Waals surface area (Å²) in [6.45, 7) is 0. The van der Waals surface area contributed by atoms with Crippen LogP contribution in [0.5, 0.6) is 0 Å². The maximum Gasteiger partial charge on any atom is 0.263 e. The highest BCUT2D eigenvalue weighted by Crippen LogP contribution is 2.24. The molecule has 4 nitrogen and oxygen atoms in total. The van der Waals surface area contributed by atoms with Gasteiger partial charge in [0.15, 0.2) is 9.84 Å². The van der Waals surface area contributed by atoms with Crippen molar-refractivity contribution in [2.45, 2.75) is 12.5 Å². The lowest BCUT2D eigenvalue weighted by molar-refractivity contribution is 0.0752. The van der Waals surface area contributed by atoms with Gasteiger partial charge in [-0.1, -0.05) is 11.6 Å². The minimum Gasteiger partial charge on any atom is -0.337 e. The Morgan fingerprint density at radius 3 is 2.71 bits per heavy atom. The molecule has 1 fully saturated rings. The molecule has 1 atom stereocenters. The number of carbonyl (C=O) groups excluding carboxylic acids is 1. The van der Waals surface area contributed by atoms with Crippen LogP contribution in [0.2, 0.25) is 4.34 Å². The van der Waals surface area contributed by atoms with Crippen molar-refractivity contribution >= 4 is 38.7 Å². The molecule has 0 bridgehead atoms. The Hall–Kier alpha value is -0.590. The molecule has 2 heterocycles. The third-order valence-corrected chi connectivity index (χ3v) is 5.83. The Balaban J connectivity index is 2.11. The lowest BCUT2D eigenvalue weighted by Gasteiger charge is -2.22. The second-order valence-electron chi connectivity index (χ2n) is 4.08. The highest BCUT2D eigenvalue weighted by molar-refractivity contribution is 7.91. The Labute approximate surface area is 109 Å². The fraction of sp³-hybridized carbons (Fsp3) is 0.500. The monoisotopic (exact) mass is 293 g/mol. The fourth-order valence-electron chi connectivity index (χ4n) is 1.85. The van der Waals surface area contributed by atoms with Crippen molar-refractivity contribution in [2.24, 2.45) is 0 Å². The van der Waals surface area contributed by atoms with E-state index >= 15 is 0 Å². The summed E-state index contributed by atoms with van der Waals surface area (Å²) in [4.78, 5) is 14.1. The van der Waals surface area contributed by atoms with Gasteiger partial charge in [0.25, 0.3) is 5.91 Å². The van der Waals surface area contributed by atoms with Crippen LogP contribution in [-0.2, 0) is 9.84 Å². The first-order chi connectivity index (χ1) is 7.89. The molecular formula is C10H12ClNO3S2. The predicted octanol–water partition coefficient (Wildman–Crippen LogP) is 1.66. The standard InChI is InChI=1S/C10H12ClNO3S2/c1-12(7-4-5-17(14,15)6-7)10(13)8-2-3-9(11)16-8/h2-3,7H,4-6H2,1H3. The van der Waals surface area contributed by atoms with E-state index in [1.165, 1.54) is 16.2 Å². The molecule has 1 aromatic rings. The average Bonchev–Trinajstić information content (AvgIpc) is 2.82. The zero-order valence-electron chi connectivity index (χ0n) is 9.22. The number of thiophene rings is 1. The molecule has 94 valence electrons. The third kappa shape index (κ3) is 2.81. The molecule has 1 aliphatic heterocycles. The molecule has 1 saturated heterocycles. The predicted molar refractivity (Wildman–Crippen MR) is 68.5 cm³/mol. The van der Waals surface area contributed by atoms with Crippen molar-refractivity contribution in [2.75, 3.05) is 18.6 Å². The number of hydrogen-bond acceptors (Lipinski definition) is 4. The summed E-state index contributed by atoms with van der Waals surface area (Å²) in [5, 5.41) is 0. The maximum atomic E-state index is 12.0. The number of hydrogen-bond donors (Lipinski definition) is 0. The van der Waals surface area contributed by atoms with Crippen molar-refractivity contribution in [3.63, 3.8) is 0 Å². The Bertz CT molecular complexity index is 538. The van der Waals surface area contributed by atoms with Gasteiger partial charge in [-0.25, -0.2) is 8.42 Å². The zero-order chi connectivity index (χ0) is 12.6. The van der Waals surface area contributed by atoms with E-state index < -0.39 is 9.84 Å². The molecule has 0 saturated carbocycles. The van der Waals surface area contributed by atoms with Crippen LogP contribution in [-0.4, -0.2) is 43.8 Å². The average molecular weight is 294 g/mol. The van der Waals surface area contributed by atoms with Gasteiger partial charge in [-0.05, 0) is 18.6 Å². The summed E-state index contributed by atoms with van der Waals surface area (Å²) in [6.07, 6.45) is 0.518. The van der Waals surface area contributed by atoms with E-state index in [4.69, 9.17) is 11.6 Å². The van der Waals surface area contributed by atoms with Gasteiger partial charge >= 0.3 is 0 Å². The Kier molecular flexibility index (Phi) is 3.47. The molecule has 0 aliphatic carbocycles. The van der Waals surface area contributed by atoms with E-state index in [2.05, 4.69) is 0 Å². The van der Waals surface area contributed by atoms with Gasteiger partial charge in [0, 0.05) is 13.1 Å². The van der Waals surface area contributed by atoms with E-state index in [1.807, 2.05) is 0 Å². The molecule has 1 unspecified atom stereocenters. The minimum atomic E-state index is -2.97. The van der Waals surface area contributed by atoms with Crippen LogP contribution >= 0.6 is 22.9 Å². The first-order valence-electron chi connectivity index (χ1n) is 5.12. The van der Waals surface area contributed by atoms with Crippen molar-refractivity contribution in [1.29, 1.82) is 0 Å². The van der Waals surface area contributed by atoms with Gasteiger partial charge in [-0.2, -0.15) is 0 Å². The zero-order valence-corrected chi connectivity index (χ0v) is 11.6. The molecule has 0 aromatic carbocycles. The number of amides is 1. The normalized spacial score (nSPS) is 22.6. The summed E-state index contributed by atoms with van der Waals surface area (Å²) in [5.41, 5.74) is 0. The van der Waals surface area contributed by atoms with Crippen LogP contribution in [0.15, 0.2) is 12.1 Å². The highest BCUT2D eigenvalue weighted by Gasteiger charge is 2.33. The Morgan fingerprint density at radius 1 is 1.53 bits per heavy atom. The van der Waals surface area contributed by atoms with Gasteiger partial charge in [0.2, 0.25) is 0 Å². The number of carbonyl (C=O) groups is 1. The van der Waals surface area contributed by atoms with Crippen LogP contribution in [0.4, 0.5) is 0 Å². The fourth-order valence-corrected chi connectivity index (χ4v) is 4.65. The molecular weight excluding hydrogens is 282 g/mol. The van der Waals surface area contributed by atoms with Crippen LogP contribution in [0, 0.1) is 0 Å². The smallest absolute Gasteiger partial charge is 0.263 e. The molecule has 1 amide bonds. The van der Waals surface area contributed by atoms with E-state index in [9.17, 15) is 13.2 Å². The third-order valence-electron chi connectivity index (χ3n) is 2.86. The van der Waals surface area contributed by atoms with E-state index in [-0.39, 0.29) is 23.5 Å². The molecule has 0 radical (unpaired) electrons. The van der Waals surface area contributed by atoms with E-state index in [0.29, 0.717) is 15.6 Å². The summed E-state index contributed by atoms with van der Waals surface area (Å²) in [5.74, 6) is 0.0680. The van der Waals surface area contributed by atoms with Gasteiger partial charge in [0.1, 0.15) is 0 Å². The number of halogens is 1. The number of rotatable bonds is 2. The summed E-state index contributed by atoms with van der Waals surface area (Å²) < 4.78 is 23.3. The second kappa shape index (κ2) is 4.59. The summed E-state index contributed by atoms with van der Waals surface area (Å²) in [7, 11) is -1.33. The molecule has 0 N–H and O–H groups in total. The molecule has 2 rings (SSSR count). The summed E-state index contributed by atoms with van der Waals surface area (Å²) >= 11 is 6.97. The van der Waals surface area contributed by atoms with E-state index in [0.717, 1.165) is 0 Å². The lowest BCUT2D eigenvalue weighted by atomic mass is 10.2. The van der Waals surface area contributed by atoms with Gasteiger partial charge < -0.3 is 4.90 Å². The lowest BCUT2D eigenvalue weighted by Crippen LogP contribution is -2.37. The molecule has 1 aliphatic rings.